The Labute approximate surface area is 154 Å². The van der Waals surface area contributed by atoms with E-state index in [9.17, 15) is 14.7 Å². The average molecular weight is 367 g/mol. The Morgan fingerprint density at radius 3 is 2.31 bits per heavy atom. The molecule has 0 aliphatic heterocycles. The number of rotatable bonds is 8. The van der Waals surface area contributed by atoms with Crippen LogP contribution in [0.15, 0.2) is 12.1 Å². The summed E-state index contributed by atoms with van der Waals surface area (Å²) in [6, 6.07) is 3.31. The lowest BCUT2D eigenvalue weighted by Crippen LogP contribution is -2.46. The third kappa shape index (κ3) is 6.85. The van der Waals surface area contributed by atoms with Gasteiger partial charge < -0.3 is 19.9 Å². The lowest BCUT2D eigenvalue weighted by atomic mass is 9.76. The van der Waals surface area contributed by atoms with Crippen LogP contribution in [0.4, 0.5) is 4.79 Å². The number of hydrogen-bond donors (Lipinski definition) is 2. The molecule has 26 heavy (non-hydrogen) atoms. The summed E-state index contributed by atoms with van der Waals surface area (Å²) in [7, 11) is 1.48. The summed E-state index contributed by atoms with van der Waals surface area (Å²) in [5, 5.41) is 20.4. The standard InChI is InChI=1S/C18H29N3O5/c1-12(2)9-18(15(22)23,11-19-16(24)26-17(3,4)5)10-13-7-8-14(25-6)21-20-13/h7-8,12H,9-11H2,1-6H3,(H,19,24)(H,22,23). The maximum Gasteiger partial charge on any atom is 0.407 e. The minimum atomic E-state index is -1.21. The number of carboxylic acids is 1. The van der Waals surface area contributed by atoms with Crippen molar-refractivity contribution in [2.45, 2.75) is 53.1 Å². The van der Waals surface area contributed by atoms with Crippen LogP contribution in [-0.2, 0) is 16.0 Å². The highest BCUT2D eigenvalue weighted by Gasteiger charge is 2.40. The van der Waals surface area contributed by atoms with E-state index in [2.05, 4.69) is 15.5 Å². The van der Waals surface area contributed by atoms with E-state index < -0.39 is 23.1 Å². The van der Waals surface area contributed by atoms with Crippen molar-refractivity contribution in [3.05, 3.63) is 17.8 Å². The molecule has 0 aliphatic rings. The van der Waals surface area contributed by atoms with Crippen molar-refractivity contribution >= 4 is 12.1 Å². The second kappa shape index (κ2) is 8.82. The van der Waals surface area contributed by atoms with Gasteiger partial charge >= 0.3 is 12.1 Å². The lowest BCUT2D eigenvalue weighted by Gasteiger charge is -2.31. The maximum atomic E-state index is 12.1. The largest absolute Gasteiger partial charge is 0.481 e. The van der Waals surface area contributed by atoms with Gasteiger partial charge in [0.25, 0.3) is 0 Å². The number of carbonyl (C=O) groups excluding carboxylic acids is 1. The number of hydrogen-bond acceptors (Lipinski definition) is 6. The molecule has 8 heteroatoms. The molecule has 0 aliphatic carbocycles. The summed E-state index contributed by atoms with van der Waals surface area (Å²) in [5.41, 5.74) is -1.36. The normalized spacial score (nSPS) is 13.8. The molecule has 1 unspecified atom stereocenters. The number of aromatic nitrogens is 2. The highest BCUT2D eigenvalue weighted by Crippen LogP contribution is 2.31. The third-order valence-electron chi connectivity index (χ3n) is 3.65. The molecule has 0 radical (unpaired) electrons. The topological polar surface area (TPSA) is 111 Å². The minimum Gasteiger partial charge on any atom is -0.481 e. The van der Waals surface area contributed by atoms with Crippen LogP contribution >= 0.6 is 0 Å². The van der Waals surface area contributed by atoms with E-state index >= 15 is 0 Å². The van der Waals surface area contributed by atoms with Gasteiger partial charge in [-0.1, -0.05) is 13.8 Å². The van der Waals surface area contributed by atoms with E-state index in [-0.39, 0.29) is 18.9 Å². The van der Waals surface area contributed by atoms with Crippen LogP contribution in [0.1, 0.15) is 46.7 Å². The van der Waals surface area contributed by atoms with Crippen molar-refractivity contribution in [1.82, 2.24) is 15.5 Å². The SMILES string of the molecule is COc1ccc(CC(CNC(=O)OC(C)(C)C)(CC(C)C)C(=O)O)nn1. The van der Waals surface area contributed by atoms with E-state index in [1.165, 1.54) is 7.11 Å². The summed E-state index contributed by atoms with van der Waals surface area (Å²) >= 11 is 0. The average Bonchev–Trinajstić information content (AvgIpc) is 2.51. The first-order valence-corrected chi connectivity index (χ1v) is 8.54. The van der Waals surface area contributed by atoms with Crippen molar-refractivity contribution < 1.29 is 24.2 Å². The van der Waals surface area contributed by atoms with E-state index in [1.807, 2.05) is 13.8 Å². The van der Waals surface area contributed by atoms with Crippen LogP contribution < -0.4 is 10.1 Å². The third-order valence-corrected chi connectivity index (χ3v) is 3.65. The number of carboxylic acid groups (broad SMARTS) is 1. The number of alkyl carbamates (subject to hydrolysis) is 1. The number of nitrogens with zero attached hydrogens (tertiary/aromatic N) is 2. The summed E-state index contributed by atoms with van der Waals surface area (Å²) in [6.45, 7) is 9.05. The summed E-state index contributed by atoms with van der Waals surface area (Å²) in [6.07, 6.45) is -0.146. The zero-order chi connectivity index (χ0) is 20.0. The second-order valence-electron chi connectivity index (χ2n) is 7.78. The number of methoxy groups -OCH3 is 1. The van der Waals surface area contributed by atoms with Gasteiger partial charge in [0.1, 0.15) is 5.60 Å². The second-order valence-corrected chi connectivity index (χ2v) is 7.78. The number of aliphatic carboxylic acids is 1. The first-order valence-electron chi connectivity index (χ1n) is 8.54. The highest BCUT2D eigenvalue weighted by atomic mass is 16.6. The van der Waals surface area contributed by atoms with Gasteiger partial charge in [0.15, 0.2) is 0 Å². The fourth-order valence-corrected chi connectivity index (χ4v) is 2.68. The molecule has 0 saturated heterocycles. The first kappa shape index (κ1) is 21.7. The van der Waals surface area contributed by atoms with Crippen LogP contribution in [0.25, 0.3) is 0 Å². The van der Waals surface area contributed by atoms with Crippen molar-refractivity contribution in [2.75, 3.05) is 13.7 Å². The van der Waals surface area contributed by atoms with E-state index in [0.717, 1.165) is 0 Å². The number of amides is 1. The Balaban J connectivity index is 3.00. The molecule has 1 aromatic rings. The van der Waals surface area contributed by atoms with E-state index in [0.29, 0.717) is 18.0 Å². The zero-order valence-electron chi connectivity index (χ0n) is 16.3. The predicted molar refractivity (Wildman–Crippen MR) is 96.0 cm³/mol. The molecule has 1 aromatic heterocycles. The van der Waals surface area contributed by atoms with Crippen LogP contribution in [0, 0.1) is 11.3 Å². The van der Waals surface area contributed by atoms with Crippen molar-refractivity contribution in [1.29, 1.82) is 0 Å². The molecule has 0 fully saturated rings. The number of ether oxygens (including phenoxy) is 2. The quantitative estimate of drug-likeness (QED) is 0.726. The molecular weight excluding hydrogens is 338 g/mol. The molecule has 0 aromatic carbocycles. The van der Waals surface area contributed by atoms with E-state index in [1.54, 1.807) is 32.9 Å². The molecule has 2 N–H and O–H groups in total. The van der Waals surface area contributed by atoms with Gasteiger partial charge in [-0.3, -0.25) is 4.79 Å². The maximum absolute atomic E-state index is 12.1. The van der Waals surface area contributed by atoms with Crippen molar-refractivity contribution in [3.63, 3.8) is 0 Å². The molecule has 1 rings (SSSR count). The molecule has 146 valence electrons. The summed E-state index contributed by atoms with van der Waals surface area (Å²) in [4.78, 5) is 24.1. The number of carbonyl (C=O) groups is 2. The van der Waals surface area contributed by atoms with Crippen LogP contribution in [-0.4, -0.2) is 46.6 Å². The molecule has 0 bridgehead atoms. The van der Waals surface area contributed by atoms with Gasteiger partial charge in [-0.2, -0.15) is 5.10 Å². The van der Waals surface area contributed by atoms with Gasteiger partial charge in [-0.05, 0) is 39.2 Å². The van der Waals surface area contributed by atoms with Crippen molar-refractivity contribution in [2.24, 2.45) is 11.3 Å². The van der Waals surface area contributed by atoms with Crippen LogP contribution in [0.2, 0.25) is 0 Å². The van der Waals surface area contributed by atoms with E-state index in [4.69, 9.17) is 9.47 Å². The smallest absolute Gasteiger partial charge is 0.407 e. The zero-order valence-corrected chi connectivity index (χ0v) is 16.3. The fraction of sp³-hybridized carbons (Fsp3) is 0.667. The minimum absolute atomic E-state index is 0.0663. The monoisotopic (exact) mass is 367 g/mol. The Morgan fingerprint density at radius 1 is 1.23 bits per heavy atom. The molecule has 1 atom stereocenters. The van der Waals surface area contributed by atoms with Gasteiger partial charge in [-0.25, -0.2) is 4.79 Å². The Bertz CT molecular complexity index is 610. The van der Waals surface area contributed by atoms with Gasteiger partial charge in [0.05, 0.1) is 18.2 Å². The van der Waals surface area contributed by atoms with Crippen LogP contribution in [0.5, 0.6) is 5.88 Å². The Hall–Kier alpha value is -2.38. The van der Waals surface area contributed by atoms with Gasteiger partial charge in [-0.15, -0.1) is 5.10 Å². The van der Waals surface area contributed by atoms with Crippen LogP contribution in [0.3, 0.4) is 0 Å². The highest BCUT2D eigenvalue weighted by molar-refractivity contribution is 5.77. The molecule has 1 heterocycles. The Morgan fingerprint density at radius 2 is 1.88 bits per heavy atom. The van der Waals surface area contributed by atoms with Gasteiger partial charge in [0.2, 0.25) is 5.88 Å². The molecule has 1 amide bonds. The van der Waals surface area contributed by atoms with Crippen molar-refractivity contribution in [3.8, 4) is 5.88 Å². The first-order chi connectivity index (χ1) is 12.0. The molecule has 0 spiro atoms. The Kier molecular flexibility index (Phi) is 7.35. The lowest BCUT2D eigenvalue weighted by molar-refractivity contribution is -0.149. The number of nitrogens with one attached hydrogen (secondary N) is 1. The molecular formula is C18H29N3O5. The summed E-state index contributed by atoms with van der Waals surface area (Å²) in [5.74, 6) is -0.539. The summed E-state index contributed by atoms with van der Waals surface area (Å²) < 4.78 is 10.2. The molecule has 8 nitrogen and oxygen atoms in total. The molecule has 0 saturated carbocycles. The fourth-order valence-electron chi connectivity index (χ4n) is 2.68. The van der Waals surface area contributed by atoms with Gasteiger partial charge in [0, 0.05) is 19.0 Å². The predicted octanol–water partition coefficient (Wildman–Crippen LogP) is 2.67.